The van der Waals surface area contributed by atoms with Gasteiger partial charge in [-0.1, -0.05) is 12.1 Å². The van der Waals surface area contributed by atoms with Crippen LogP contribution in [0.4, 0.5) is 0 Å². The van der Waals surface area contributed by atoms with Crippen LogP contribution in [0.3, 0.4) is 0 Å². The molecule has 2 aromatic heterocycles. The molecule has 4 nitrogen and oxygen atoms in total. The molecule has 5 rings (SSSR count). The maximum absolute atomic E-state index is 5.49. The summed E-state index contributed by atoms with van der Waals surface area (Å²) in [4.78, 5) is 8.80. The van der Waals surface area contributed by atoms with E-state index in [1.165, 1.54) is 0 Å². The van der Waals surface area contributed by atoms with Crippen LogP contribution in [0.1, 0.15) is 0 Å². The van der Waals surface area contributed by atoms with Gasteiger partial charge in [0.15, 0.2) is 11.5 Å². The van der Waals surface area contributed by atoms with E-state index >= 15 is 0 Å². The second-order valence-corrected chi connectivity index (χ2v) is 5.11. The molecule has 0 spiro atoms. The van der Waals surface area contributed by atoms with Crippen molar-refractivity contribution in [1.29, 1.82) is 0 Å². The molecule has 0 aliphatic carbocycles. The molecule has 100 valence electrons. The van der Waals surface area contributed by atoms with E-state index in [-0.39, 0.29) is 6.79 Å². The number of aromatic nitrogens is 2. The van der Waals surface area contributed by atoms with Crippen LogP contribution in [-0.4, -0.2) is 16.8 Å². The molecule has 4 heteroatoms. The molecule has 1 aliphatic rings. The second kappa shape index (κ2) is 3.82. The normalized spacial score (nSPS) is 13.3. The summed E-state index contributed by atoms with van der Waals surface area (Å²) in [5, 5.41) is 5.51. The minimum atomic E-state index is 0.283. The third-order valence-corrected chi connectivity index (χ3v) is 3.96. The maximum Gasteiger partial charge on any atom is 0.231 e. The molecule has 21 heavy (non-hydrogen) atoms. The summed E-state index contributed by atoms with van der Waals surface area (Å²) >= 11 is 0. The van der Waals surface area contributed by atoms with E-state index in [4.69, 9.17) is 9.47 Å². The van der Waals surface area contributed by atoms with Gasteiger partial charge in [-0.3, -0.25) is 9.97 Å². The summed E-state index contributed by atoms with van der Waals surface area (Å²) in [6.07, 6.45) is 5.55. The lowest BCUT2D eigenvalue weighted by Crippen LogP contribution is -1.92. The number of benzene rings is 2. The van der Waals surface area contributed by atoms with E-state index in [0.717, 1.165) is 43.9 Å². The van der Waals surface area contributed by atoms with Gasteiger partial charge in [-0.15, -0.1) is 0 Å². The SMILES string of the molecule is c1cc2c(ccc3c4cc5c(cc4cnc23)OCO5)cn1. The smallest absolute Gasteiger partial charge is 0.231 e. The maximum atomic E-state index is 5.49. The molecule has 1 aliphatic heterocycles. The molecule has 0 unspecified atom stereocenters. The van der Waals surface area contributed by atoms with Crippen LogP contribution in [0.25, 0.3) is 32.4 Å². The summed E-state index contributed by atoms with van der Waals surface area (Å²) in [6.45, 7) is 0.283. The highest BCUT2D eigenvalue weighted by Gasteiger charge is 2.16. The van der Waals surface area contributed by atoms with Crippen molar-refractivity contribution in [2.45, 2.75) is 0 Å². The monoisotopic (exact) mass is 274 g/mol. The van der Waals surface area contributed by atoms with Gasteiger partial charge in [-0.05, 0) is 23.6 Å². The number of ether oxygens (including phenoxy) is 2. The van der Waals surface area contributed by atoms with Gasteiger partial charge in [-0.25, -0.2) is 0 Å². The molecule has 0 radical (unpaired) electrons. The molecular weight excluding hydrogens is 264 g/mol. The molecule has 0 amide bonds. The van der Waals surface area contributed by atoms with Crippen LogP contribution in [0.15, 0.2) is 48.9 Å². The Labute approximate surface area is 120 Å². The average Bonchev–Trinajstić information content (AvgIpc) is 2.99. The van der Waals surface area contributed by atoms with Crippen LogP contribution in [-0.2, 0) is 0 Å². The molecule has 0 N–H and O–H groups in total. The fraction of sp³-hybridized carbons (Fsp3) is 0.0588. The lowest BCUT2D eigenvalue weighted by Gasteiger charge is -2.07. The van der Waals surface area contributed by atoms with E-state index < -0.39 is 0 Å². The number of pyridine rings is 2. The zero-order valence-electron chi connectivity index (χ0n) is 11.0. The first-order chi connectivity index (χ1) is 10.4. The van der Waals surface area contributed by atoms with Crippen molar-refractivity contribution in [2.24, 2.45) is 0 Å². The predicted molar refractivity (Wildman–Crippen MR) is 80.7 cm³/mol. The predicted octanol–water partition coefficient (Wildman–Crippen LogP) is 3.66. The summed E-state index contributed by atoms with van der Waals surface area (Å²) in [5.74, 6) is 1.58. The van der Waals surface area contributed by atoms with E-state index in [1.807, 2.05) is 30.6 Å². The van der Waals surface area contributed by atoms with Crippen molar-refractivity contribution in [3.8, 4) is 11.5 Å². The molecule has 4 aromatic rings. The Hall–Kier alpha value is -2.88. The molecule has 2 aromatic carbocycles. The largest absolute Gasteiger partial charge is 0.454 e. The highest BCUT2D eigenvalue weighted by atomic mass is 16.7. The minimum absolute atomic E-state index is 0.283. The van der Waals surface area contributed by atoms with Crippen molar-refractivity contribution < 1.29 is 9.47 Å². The van der Waals surface area contributed by atoms with Crippen LogP contribution < -0.4 is 9.47 Å². The Morgan fingerprint density at radius 3 is 2.67 bits per heavy atom. The number of rotatable bonds is 0. The molecule has 0 saturated carbocycles. The molecule has 0 bridgehead atoms. The van der Waals surface area contributed by atoms with Crippen LogP contribution in [0.2, 0.25) is 0 Å². The number of hydrogen-bond donors (Lipinski definition) is 0. The average molecular weight is 274 g/mol. The zero-order valence-corrected chi connectivity index (χ0v) is 11.0. The summed E-state index contributed by atoms with van der Waals surface area (Å²) in [5.41, 5.74) is 0.987. The van der Waals surface area contributed by atoms with Gasteiger partial charge >= 0.3 is 0 Å². The highest BCUT2D eigenvalue weighted by molar-refractivity contribution is 6.15. The fourth-order valence-corrected chi connectivity index (χ4v) is 2.94. The Kier molecular flexibility index (Phi) is 1.98. The number of hydrogen-bond acceptors (Lipinski definition) is 4. The lowest BCUT2D eigenvalue weighted by atomic mass is 10.0. The van der Waals surface area contributed by atoms with Crippen molar-refractivity contribution in [3.63, 3.8) is 0 Å². The van der Waals surface area contributed by atoms with Gasteiger partial charge in [-0.2, -0.15) is 0 Å². The zero-order chi connectivity index (χ0) is 13.8. The molecule has 0 atom stereocenters. The second-order valence-electron chi connectivity index (χ2n) is 5.11. The van der Waals surface area contributed by atoms with Crippen LogP contribution >= 0.6 is 0 Å². The summed E-state index contributed by atoms with van der Waals surface area (Å²) in [6, 6.07) is 10.2. The number of fused-ring (bicyclic) bond motifs is 6. The minimum Gasteiger partial charge on any atom is -0.454 e. The first-order valence-electron chi connectivity index (χ1n) is 6.75. The van der Waals surface area contributed by atoms with E-state index in [9.17, 15) is 0 Å². The van der Waals surface area contributed by atoms with Crippen molar-refractivity contribution in [3.05, 3.63) is 48.9 Å². The van der Waals surface area contributed by atoms with Gasteiger partial charge in [0, 0.05) is 40.1 Å². The molecule has 0 saturated heterocycles. The highest BCUT2D eigenvalue weighted by Crippen LogP contribution is 2.38. The van der Waals surface area contributed by atoms with E-state index in [2.05, 4.69) is 22.1 Å². The first-order valence-corrected chi connectivity index (χ1v) is 6.75. The van der Waals surface area contributed by atoms with Gasteiger partial charge < -0.3 is 9.47 Å². The van der Waals surface area contributed by atoms with E-state index in [0.29, 0.717) is 0 Å². The Morgan fingerprint density at radius 1 is 0.810 bits per heavy atom. The first kappa shape index (κ1) is 10.9. The van der Waals surface area contributed by atoms with Crippen molar-refractivity contribution >= 4 is 32.4 Å². The topological polar surface area (TPSA) is 44.2 Å². The molecule has 0 fully saturated rings. The van der Waals surface area contributed by atoms with Gasteiger partial charge in [0.25, 0.3) is 0 Å². The van der Waals surface area contributed by atoms with Gasteiger partial charge in [0.05, 0.1) is 5.52 Å². The fourth-order valence-electron chi connectivity index (χ4n) is 2.94. The van der Waals surface area contributed by atoms with Crippen molar-refractivity contribution in [2.75, 3.05) is 6.79 Å². The Balaban J connectivity index is 1.98. The Morgan fingerprint density at radius 2 is 1.71 bits per heavy atom. The summed E-state index contributed by atoms with van der Waals surface area (Å²) < 4.78 is 10.9. The number of nitrogens with zero attached hydrogens (tertiary/aromatic N) is 2. The van der Waals surface area contributed by atoms with Crippen molar-refractivity contribution in [1.82, 2.24) is 9.97 Å². The van der Waals surface area contributed by atoms with Crippen LogP contribution in [0.5, 0.6) is 11.5 Å². The molecule has 3 heterocycles. The van der Waals surface area contributed by atoms with E-state index in [1.54, 1.807) is 6.20 Å². The quantitative estimate of drug-likeness (QED) is 0.459. The standard InChI is InChI=1S/C17H10N2O2/c1-2-13-14-6-16-15(20-9-21-16)5-11(14)8-19-17(13)12-3-4-18-7-10(1)12/h1-8H,9H2. The summed E-state index contributed by atoms with van der Waals surface area (Å²) in [7, 11) is 0. The third kappa shape index (κ3) is 1.44. The third-order valence-electron chi connectivity index (χ3n) is 3.96. The van der Waals surface area contributed by atoms with Crippen LogP contribution in [0, 0.1) is 0 Å². The van der Waals surface area contributed by atoms with Gasteiger partial charge in [0.2, 0.25) is 6.79 Å². The lowest BCUT2D eigenvalue weighted by molar-refractivity contribution is 0.174. The Bertz CT molecular complexity index is 1030. The van der Waals surface area contributed by atoms with Gasteiger partial charge in [0.1, 0.15) is 0 Å². The molecular formula is C17H10N2O2.